The van der Waals surface area contributed by atoms with E-state index in [1.807, 2.05) is 7.05 Å². The number of hydrogen-bond acceptors (Lipinski definition) is 3. The van der Waals surface area contributed by atoms with Crippen LogP contribution in [0.2, 0.25) is 0 Å². The molecule has 1 aliphatic rings. The molecule has 0 amide bonds. The van der Waals surface area contributed by atoms with Crippen LogP contribution in [0.5, 0.6) is 0 Å². The normalized spacial score (nSPS) is 19.4. The lowest BCUT2D eigenvalue weighted by molar-refractivity contribution is 0.210. The van der Waals surface area contributed by atoms with Crippen molar-refractivity contribution in [2.45, 2.75) is 38.3 Å². The van der Waals surface area contributed by atoms with Crippen molar-refractivity contribution in [1.29, 1.82) is 0 Å². The molecule has 13 heavy (non-hydrogen) atoms. The minimum atomic E-state index is 0.249. The number of rotatable bonds is 7. The highest BCUT2D eigenvalue weighted by molar-refractivity contribution is 4.84. The topological polar surface area (TPSA) is 35.5 Å². The average Bonchev–Trinajstić information content (AvgIpc) is 2.96. The standard InChI is InChI=1S/C10H22N2O/c1-3-12(10-4-5-10)7-6-9(8-13)11-2/h9-11,13H,3-8H2,1-2H3. The van der Waals surface area contributed by atoms with E-state index in [-0.39, 0.29) is 12.6 Å². The summed E-state index contributed by atoms with van der Waals surface area (Å²) in [6, 6.07) is 1.12. The fourth-order valence-corrected chi connectivity index (χ4v) is 1.69. The Morgan fingerprint density at radius 3 is 2.62 bits per heavy atom. The second kappa shape index (κ2) is 5.58. The van der Waals surface area contributed by atoms with Crippen LogP contribution in [-0.2, 0) is 0 Å². The van der Waals surface area contributed by atoms with Crippen LogP contribution in [0.15, 0.2) is 0 Å². The van der Waals surface area contributed by atoms with E-state index >= 15 is 0 Å². The zero-order chi connectivity index (χ0) is 9.68. The van der Waals surface area contributed by atoms with Gasteiger partial charge in [-0.1, -0.05) is 6.92 Å². The SMILES string of the molecule is CCN(CCC(CO)NC)C1CC1. The fraction of sp³-hybridized carbons (Fsp3) is 1.00. The van der Waals surface area contributed by atoms with Crippen molar-refractivity contribution >= 4 is 0 Å². The van der Waals surface area contributed by atoms with Crippen LogP contribution in [-0.4, -0.2) is 48.8 Å². The van der Waals surface area contributed by atoms with Gasteiger partial charge in [0.2, 0.25) is 0 Å². The number of hydrogen-bond donors (Lipinski definition) is 2. The van der Waals surface area contributed by atoms with Crippen LogP contribution in [0.4, 0.5) is 0 Å². The summed E-state index contributed by atoms with van der Waals surface area (Å²) in [6.45, 7) is 4.73. The quantitative estimate of drug-likeness (QED) is 0.605. The monoisotopic (exact) mass is 186 g/mol. The Balaban J connectivity index is 2.14. The molecule has 0 saturated heterocycles. The van der Waals surface area contributed by atoms with Gasteiger partial charge in [-0.15, -0.1) is 0 Å². The molecule has 1 unspecified atom stereocenters. The number of nitrogens with one attached hydrogen (secondary N) is 1. The molecule has 1 atom stereocenters. The zero-order valence-electron chi connectivity index (χ0n) is 8.79. The molecular formula is C10H22N2O. The van der Waals surface area contributed by atoms with E-state index in [0.29, 0.717) is 0 Å². The molecule has 0 aromatic carbocycles. The van der Waals surface area contributed by atoms with Crippen LogP contribution in [0.25, 0.3) is 0 Å². The van der Waals surface area contributed by atoms with Gasteiger partial charge in [0.15, 0.2) is 0 Å². The molecule has 0 aliphatic heterocycles. The van der Waals surface area contributed by atoms with Gasteiger partial charge in [-0.25, -0.2) is 0 Å². The van der Waals surface area contributed by atoms with Gasteiger partial charge in [-0.2, -0.15) is 0 Å². The highest BCUT2D eigenvalue weighted by Gasteiger charge is 2.27. The molecule has 78 valence electrons. The maximum Gasteiger partial charge on any atom is 0.0585 e. The summed E-state index contributed by atoms with van der Waals surface area (Å²) >= 11 is 0. The van der Waals surface area contributed by atoms with Crippen molar-refractivity contribution in [3.63, 3.8) is 0 Å². The molecule has 1 fully saturated rings. The van der Waals surface area contributed by atoms with Gasteiger partial charge in [0, 0.05) is 12.1 Å². The first kappa shape index (κ1) is 11.0. The van der Waals surface area contributed by atoms with Gasteiger partial charge >= 0.3 is 0 Å². The summed E-state index contributed by atoms with van der Waals surface area (Å²) < 4.78 is 0. The predicted molar refractivity (Wildman–Crippen MR) is 54.8 cm³/mol. The molecule has 0 radical (unpaired) electrons. The molecule has 0 bridgehead atoms. The second-order valence-electron chi connectivity index (χ2n) is 3.82. The van der Waals surface area contributed by atoms with Crippen LogP contribution in [0, 0.1) is 0 Å². The molecule has 3 heteroatoms. The first-order valence-electron chi connectivity index (χ1n) is 5.34. The summed E-state index contributed by atoms with van der Waals surface area (Å²) in [7, 11) is 1.91. The summed E-state index contributed by atoms with van der Waals surface area (Å²) in [5.74, 6) is 0. The number of nitrogens with zero attached hydrogens (tertiary/aromatic N) is 1. The molecule has 1 rings (SSSR count). The molecule has 0 heterocycles. The van der Waals surface area contributed by atoms with E-state index < -0.39 is 0 Å². The summed E-state index contributed by atoms with van der Waals surface area (Å²) in [4.78, 5) is 2.51. The van der Waals surface area contributed by atoms with Gasteiger partial charge in [0.25, 0.3) is 0 Å². The first-order valence-corrected chi connectivity index (χ1v) is 5.34. The largest absolute Gasteiger partial charge is 0.395 e. The smallest absolute Gasteiger partial charge is 0.0585 e. The molecule has 1 saturated carbocycles. The van der Waals surface area contributed by atoms with E-state index in [0.717, 1.165) is 25.6 Å². The van der Waals surface area contributed by atoms with Crippen molar-refractivity contribution in [3.05, 3.63) is 0 Å². The Kier molecular flexibility index (Phi) is 4.70. The lowest BCUT2D eigenvalue weighted by Gasteiger charge is -2.22. The minimum Gasteiger partial charge on any atom is -0.395 e. The van der Waals surface area contributed by atoms with Gasteiger partial charge < -0.3 is 15.3 Å². The predicted octanol–water partition coefficient (Wildman–Crippen LogP) is 0.441. The van der Waals surface area contributed by atoms with Crippen LogP contribution in [0.3, 0.4) is 0 Å². The summed E-state index contributed by atoms with van der Waals surface area (Å²) in [6.07, 6.45) is 3.80. The number of likely N-dealkylation sites (N-methyl/N-ethyl adjacent to an activating group) is 1. The van der Waals surface area contributed by atoms with Crippen molar-refractivity contribution < 1.29 is 5.11 Å². The van der Waals surface area contributed by atoms with Crippen LogP contribution < -0.4 is 5.32 Å². The lowest BCUT2D eigenvalue weighted by Crippen LogP contribution is -2.35. The minimum absolute atomic E-state index is 0.249. The van der Waals surface area contributed by atoms with Crippen molar-refractivity contribution in [2.75, 3.05) is 26.7 Å². The second-order valence-corrected chi connectivity index (χ2v) is 3.82. The zero-order valence-corrected chi connectivity index (χ0v) is 8.79. The third-order valence-electron chi connectivity index (χ3n) is 2.86. The number of aliphatic hydroxyl groups is 1. The molecular weight excluding hydrogens is 164 g/mol. The molecule has 0 aromatic heterocycles. The molecule has 2 N–H and O–H groups in total. The summed E-state index contributed by atoms with van der Waals surface area (Å²) in [5.41, 5.74) is 0. The van der Waals surface area contributed by atoms with Crippen LogP contribution in [0.1, 0.15) is 26.2 Å². The molecule has 0 aromatic rings. The highest BCUT2D eigenvalue weighted by Crippen LogP contribution is 2.26. The van der Waals surface area contributed by atoms with Gasteiger partial charge in [-0.05, 0) is 39.4 Å². The van der Waals surface area contributed by atoms with Gasteiger partial charge in [0.1, 0.15) is 0 Å². The third kappa shape index (κ3) is 3.63. The maximum atomic E-state index is 8.98. The van der Waals surface area contributed by atoms with Gasteiger partial charge in [0.05, 0.1) is 6.61 Å². The first-order chi connectivity index (χ1) is 6.31. The fourth-order valence-electron chi connectivity index (χ4n) is 1.69. The van der Waals surface area contributed by atoms with E-state index in [1.165, 1.54) is 12.8 Å². The van der Waals surface area contributed by atoms with E-state index in [2.05, 4.69) is 17.1 Å². The highest BCUT2D eigenvalue weighted by atomic mass is 16.3. The molecule has 0 spiro atoms. The average molecular weight is 186 g/mol. The lowest BCUT2D eigenvalue weighted by atomic mass is 10.2. The third-order valence-corrected chi connectivity index (χ3v) is 2.86. The van der Waals surface area contributed by atoms with Crippen LogP contribution >= 0.6 is 0 Å². The maximum absolute atomic E-state index is 8.98. The Morgan fingerprint density at radius 1 is 1.54 bits per heavy atom. The Bertz CT molecular complexity index is 133. The Hall–Kier alpha value is -0.120. The van der Waals surface area contributed by atoms with E-state index in [9.17, 15) is 0 Å². The van der Waals surface area contributed by atoms with Gasteiger partial charge in [-0.3, -0.25) is 0 Å². The summed E-state index contributed by atoms with van der Waals surface area (Å²) in [5, 5.41) is 12.1. The Labute approximate surface area is 81.1 Å². The Morgan fingerprint density at radius 2 is 2.23 bits per heavy atom. The van der Waals surface area contributed by atoms with Crippen molar-refractivity contribution in [1.82, 2.24) is 10.2 Å². The van der Waals surface area contributed by atoms with E-state index in [4.69, 9.17) is 5.11 Å². The van der Waals surface area contributed by atoms with E-state index in [1.54, 1.807) is 0 Å². The number of aliphatic hydroxyl groups excluding tert-OH is 1. The van der Waals surface area contributed by atoms with Crippen molar-refractivity contribution in [3.8, 4) is 0 Å². The molecule has 3 nitrogen and oxygen atoms in total. The molecule has 1 aliphatic carbocycles. The van der Waals surface area contributed by atoms with Crippen molar-refractivity contribution in [2.24, 2.45) is 0 Å².